The van der Waals surface area contributed by atoms with Crippen LogP contribution in [0.4, 0.5) is 10.6 Å². The molecule has 0 atom stereocenters. The third kappa shape index (κ3) is 7.23. The predicted molar refractivity (Wildman–Crippen MR) is 145 cm³/mol. The van der Waals surface area contributed by atoms with Crippen LogP contribution < -0.4 is 15.4 Å². The van der Waals surface area contributed by atoms with Gasteiger partial charge in [0.25, 0.3) is 0 Å². The molecule has 3 aromatic heterocycles. The Bertz CT molecular complexity index is 1240. The van der Waals surface area contributed by atoms with E-state index in [0.29, 0.717) is 65.2 Å². The van der Waals surface area contributed by atoms with E-state index in [1.54, 1.807) is 12.3 Å². The zero-order chi connectivity index (χ0) is 27.1. The minimum Gasteiger partial charge on any atom is -0.478 e. The Labute approximate surface area is 221 Å². The quantitative estimate of drug-likeness (QED) is 0.321. The molecule has 3 rings (SSSR count). The fourth-order valence-corrected chi connectivity index (χ4v) is 4.78. The maximum absolute atomic E-state index is 12.1. The van der Waals surface area contributed by atoms with E-state index >= 15 is 0 Å². The highest BCUT2D eigenvalue weighted by Crippen LogP contribution is 2.38. The fraction of sp³-hybridized carbons (Fsp3) is 0.423. The number of ether oxygens (including phenoxy) is 1. The Morgan fingerprint density at radius 3 is 2.41 bits per heavy atom. The van der Waals surface area contributed by atoms with Gasteiger partial charge in [0, 0.05) is 65.3 Å². The van der Waals surface area contributed by atoms with Crippen molar-refractivity contribution in [1.29, 1.82) is 0 Å². The SMILES string of the molecule is CCNC(=O)Nc1cc(-c2nc(C)cs2)c(-c2cc(C(=O)O)cnc2OCCN(C(C)C)C(C)C)cn1. The fourth-order valence-electron chi connectivity index (χ4n) is 3.95. The molecule has 37 heavy (non-hydrogen) atoms. The summed E-state index contributed by atoms with van der Waals surface area (Å²) < 4.78 is 6.11. The number of amides is 2. The number of nitrogens with one attached hydrogen (secondary N) is 2. The van der Waals surface area contributed by atoms with Gasteiger partial charge in [-0.2, -0.15) is 0 Å². The first-order valence-electron chi connectivity index (χ1n) is 12.2. The average molecular weight is 527 g/mol. The molecule has 0 saturated carbocycles. The van der Waals surface area contributed by atoms with Crippen molar-refractivity contribution in [1.82, 2.24) is 25.2 Å². The number of urea groups is 1. The molecule has 0 aromatic carbocycles. The number of anilines is 1. The highest BCUT2D eigenvalue weighted by atomic mass is 32.1. The van der Waals surface area contributed by atoms with E-state index in [2.05, 4.69) is 58.2 Å². The molecule has 0 bridgehead atoms. The van der Waals surface area contributed by atoms with Gasteiger partial charge in [-0.3, -0.25) is 10.2 Å². The van der Waals surface area contributed by atoms with Crippen LogP contribution in [-0.4, -0.2) is 68.7 Å². The van der Waals surface area contributed by atoms with Crippen molar-refractivity contribution >= 4 is 29.2 Å². The number of carboxylic acid groups (broad SMARTS) is 1. The van der Waals surface area contributed by atoms with E-state index in [1.807, 2.05) is 19.2 Å². The molecule has 0 radical (unpaired) electrons. The van der Waals surface area contributed by atoms with Crippen LogP contribution in [0.25, 0.3) is 21.7 Å². The first-order valence-corrected chi connectivity index (χ1v) is 13.1. The molecular weight excluding hydrogens is 492 g/mol. The number of hydrogen-bond acceptors (Lipinski definition) is 8. The summed E-state index contributed by atoms with van der Waals surface area (Å²) in [5.41, 5.74) is 2.64. The molecule has 10 nitrogen and oxygen atoms in total. The van der Waals surface area contributed by atoms with Crippen molar-refractivity contribution in [2.75, 3.05) is 25.0 Å². The van der Waals surface area contributed by atoms with Crippen LogP contribution in [0, 0.1) is 6.92 Å². The second-order valence-electron chi connectivity index (χ2n) is 9.05. The van der Waals surface area contributed by atoms with Crippen molar-refractivity contribution in [2.45, 2.75) is 53.6 Å². The Hall–Kier alpha value is -3.57. The number of thiazole rings is 1. The Morgan fingerprint density at radius 1 is 1.08 bits per heavy atom. The number of carbonyl (C=O) groups excluding carboxylic acids is 1. The summed E-state index contributed by atoms with van der Waals surface area (Å²) in [6, 6.07) is 3.57. The molecule has 3 aromatic rings. The standard InChI is InChI=1S/C26H34N6O4S/c1-7-27-26(35)31-22-11-20(24-30-17(6)14-37-24)21(13-28-22)19-10-18(25(33)34)12-29-23(19)36-9-8-32(15(2)3)16(4)5/h10-16H,7-9H2,1-6H3,(H,33,34)(H2,27,28,31,35). The van der Waals surface area contributed by atoms with Crippen LogP contribution in [0.1, 0.15) is 50.7 Å². The van der Waals surface area contributed by atoms with Gasteiger partial charge >= 0.3 is 12.0 Å². The van der Waals surface area contributed by atoms with E-state index in [1.165, 1.54) is 23.6 Å². The molecule has 11 heteroatoms. The molecule has 198 valence electrons. The second kappa shape index (κ2) is 12.6. The summed E-state index contributed by atoms with van der Waals surface area (Å²) in [7, 11) is 0. The second-order valence-corrected chi connectivity index (χ2v) is 9.91. The maximum Gasteiger partial charge on any atom is 0.337 e. The lowest BCUT2D eigenvalue weighted by Gasteiger charge is -2.30. The van der Waals surface area contributed by atoms with Crippen molar-refractivity contribution < 1.29 is 19.4 Å². The lowest BCUT2D eigenvalue weighted by atomic mass is 10.0. The largest absolute Gasteiger partial charge is 0.478 e. The van der Waals surface area contributed by atoms with Gasteiger partial charge in [0.05, 0.1) is 5.56 Å². The molecule has 3 heterocycles. The Balaban J connectivity index is 2.06. The lowest BCUT2D eigenvalue weighted by Crippen LogP contribution is -2.39. The van der Waals surface area contributed by atoms with Crippen LogP contribution in [0.15, 0.2) is 29.9 Å². The smallest absolute Gasteiger partial charge is 0.337 e. The van der Waals surface area contributed by atoms with Gasteiger partial charge in [-0.25, -0.2) is 24.5 Å². The number of rotatable bonds is 11. The molecule has 0 aliphatic rings. The third-order valence-electron chi connectivity index (χ3n) is 5.64. The molecule has 0 spiro atoms. The minimum atomic E-state index is -1.10. The molecule has 0 aliphatic carbocycles. The summed E-state index contributed by atoms with van der Waals surface area (Å²) in [4.78, 5) is 39.5. The van der Waals surface area contributed by atoms with E-state index in [9.17, 15) is 14.7 Å². The van der Waals surface area contributed by atoms with Gasteiger partial charge in [0.2, 0.25) is 5.88 Å². The molecule has 0 fully saturated rings. The Morgan fingerprint density at radius 2 is 1.81 bits per heavy atom. The van der Waals surface area contributed by atoms with Crippen LogP contribution >= 0.6 is 11.3 Å². The van der Waals surface area contributed by atoms with Crippen LogP contribution in [0.3, 0.4) is 0 Å². The number of aryl methyl sites for hydroxylation is 1. The number of aromatic carboxylic acids is 1. The van der Waals surface area contributed by atoms with Gasteiger partial charge in [-0.1, -0.05) is 0 Å². The molecular formula is C26H34N6O4S. The van der Waals surface area contributed by atoms with Crippen molar-refractivity contribution in [3.63, 3.8) is 0 Å². The summed E-state index contributed by atoms with van der Waals surface area (Å²) in [6.45, 7) is 13.8. The van der Waals surface area contributed by atoms with E-state index < -0.39 is 5.97 Å². The molecule has 0 aliphatic heterocycles. The lowest BCUT2D eigenvalue weighted by molar-refractivity contribution is 0.0696. The summed E-state index contributed by atoms with van der Waals surface area (Å²) in [6.07, 6.45) is 2.87. The van der Waals surface area contributed by atoms with E-state index in [4.69, 9.17) is 4.74 Å². The number of hydrogen-bond donors (Lipinski definition) is 3. The van der Waals surface area contributed by atoms with Crippen LogP contribution in [0.5, 0.6) is 5.88 Å². The topological polar surface area (TPSA) is 130 Å². The third-order valence-corrected chi connectivity index (χ3v) is 6.63. The van der Waals surface area contributed by atoms with E-state index in [0.717, 1.165) is 5.69 Å². The molecule has 0 saturated heterocycles. The number of pyridine rings is 2. The van der Waals surface area contributed by atoms with Crippen LogP contribution in [0.2, 0.25) is 0 Å². The van der Waals surface area contributed by atoms with Gasteiger partial charge in [-0.05, 0) is 53.7 Å². The Kier molecular flexibility index (Phi) is 9.54. The maximum atomic E-state index is 12.1. The molecule has 3 N–H and O–H groups in total. The van der Waals surface area contributed by atoms with Crippen molar-refractivity contribution in [2.24, 2.45) is 0 Å². The first kappa shape index (κ1) is 28.0. The van der Waals surface area contributed by atoms with Gasteiger partial charge < -0.3 is 15.2 Å². The average Bonchev–Trinajstić information content (AvgIpc) is 3.27. The number of nitrogens with zero attached hydrogens (tertiary/aromatic N) is 4. The van der Waals surface area contributed by atoms with Crippen molar-refractivity contribution in [3.05, 3.63) is 41.2 Å². The summed E-state index contributed by atoms with van der Waals surface area (Å²) >= 11 is 1.44. The summed E-state index contributed by atoms with van der Waals surface area (Å²) in [5, 5.41) is 17.7. The first-order chi connectivity index (χ1) is 17.6. The zero-order valence-corrected chi connectivity index (χ0v) is 22.8. The van der Waals surface area contributed by atoms with Gasteiger partial charge in [0.15, 0.2) is 0 Å². The highest BCUT2D eigenvalue weighted by Gasteiger charge is 2.21. The normalized spacial score (nSPS) is 11.3. The molecule has 2 amide bonds. The predicted octanol–water partition coefficient (Wildman–Crippen LogP) is 4.91. The highest BCUT2D eigenvalue weighted by molar-refractivity contribution is 7.13. The zero-order valence-electron chi connectivity index (χ0n) is 22.0. The number of carbonyl (C=O) groups is 2. The van der Waals surface area contributed by atoms with Crippen molar-refractivity contribution in [3.8, 4) is 27.6 Å². The number of aromatic nitrogens is 3. The summed E-state index contributed by atoms with van der Waals surface area (Å²) in [5.74, 6) is -0.453. The minimum absolute atomic E-state index is 0.0270. The van der Waals surface area contributed by atoms with E-state index in [-0.39, 0.29) is 11.6 Å². The van der Waals surface area contributed by atoms with Gasteiger partial charge in [-0.15, -0.1) is 11.3 Å². The monoisotopic (exact) mass is 526 g/mol. The molecule has 0 unspecified atom stereocenters. The number of carboxylic acids is 1. The van der Waals surface area contributed by atoms with Crippen LogP contribution in [-0.2, 0) is 0 Å². The van der Waals surface area contributed by atoms with Gasteiger partial charge in [0.1, 0.15) is 17.4 Å².